The topological polar surface area (TPSA) is 54.0 Å². The molecule has 0 saturated heterocycles. The first-order valence-corrected chi connectivity index (χ1v) is 5.56. The van der Waals surface area contributed by atoms with Gasteiger partial charge in [0.1, 0.15) is 0 Å². The predicted molar refractivity (Wildman–Crippen MR) is 64.1 cm³/mol. The van der Waals surface area contributed by atoms with E-state index in [0.29, 0.717) is 18.7 Å². The lowest BCUT2D eigenvalue weighted by Crippen LogP contribution is -2.19. The number of nitrogens with zero attached hydrogens (tertiary/aromatic N) is 1. The molecule has 1 rings (SSSR count). The maximum absolute atomic E-state index is 11.4. The van der Waals surface area contributed by atoms with Crippen molar-refractivity contribution in [2.75, 3.05) is 18.9 Å². The van der Waals surface area contributed by atoms with Crippen LogP contribution in [0.2, 0.25) is 5.15 Å². The summed E-state index contributed by atoms with van der Waals surface area (Å²) >= 11 is 9.07. The molecular weight excluding hydrogens is 281 g/mol. The summed E-state index contributed by atoms with van der Waals surface area (Å²) in [6, 6.07) is 1.71. The third-order valence-electron chi connectivity index (χ3n) is 1.68. The van der Waals surface area contributed by atoms with Crippen LogP contribution in [0.5, 0.6) is 0 Å². The summed E-state index contributed by atoms with van der Waals surface area (Å²) in [5.41, 5.74) is 0.521. The molecule has 0 aromatic carbocycles. The zero-order valence-electron chi connectivity index (χ0n) is 8.18. The van der Waals surface area contributed by atoms with Gasteiger partial charge in [-0.3, -0.25) is 4.79 Å². The van der Waals surface area contributed by atoms with Crippen LogP contribution in [0.15, 0.2) is 16.7 Å². The van der Waals surface area contributed by atoms with Crippen molar-refractivity contribution in [1.82, 2.24) is 10.3 Å². The Kier molecular flexibility index (Phi) is 5.01. The maximum atomic E-state index is 11.4. The van der Waals surface area contributed by atoms with E-state index in [4.69, 9.17) is 11.6 Å². The monoisotopic (exact) mass is 291 g/mol. The summed E-state index contributed by atoms with van der Waals surface area (Å²) in [7, 11) is 1.79. The Balaban J connectivity index is 2.63. The second kappa shape index (κ2) is 6.05. The molecule has 0 spiro atoms. The first-order valence-electron chi connectivity index (χ1n) is 4.39. The average Bonchev–Trinajstić information content (AvgIpc) is 2.20. The van der Waals surface area contributed by atoms with Gasteiger partial charge in [-0.25, -0.2) is 4.98 Å². The maximum Gasteiger partial charge on any atom is 0.225 e. The van der Waals surface area contributed by atoms with E-state index < -0.39 is 0 Å². The zero-order chi connectivity index (χ0) is 11.3. The molecule has 0 saturated carbocycles. The lowest BCUT2D eigenvalue weighted by molar-refractivity contribution is -0.116. The van der Waals surface area contributed by atoms with Crippen LogP contribution >= 0.6 is 27.5 Å². The number of anilines is 1. The molecule has 0 atom stereocenters. The Morgan fingerprint density at radius 1 is 1.67 bits per heavy atom. The Morgan fingerprint density at radius 2 is 2.40 bits per heavy atom. The minimum Gasteiger partial charge on any atom is -0.323 e. The number of pyridine rings is 1. The first-order chi connectivity index (χ1) is 7.13. The van der Waals surface area contributed by atoms with Gasteiger partial charge in [-0.1, -0.05) is 11.6 Å². The molecule has 0 aliphatic rings. The molecule has 0 aliphatic carbocycles. The van der Waals surface area contributed by atoms with Gasteiger partial charge >= 0.3 is 0 Å². The molecule has 0 radical (unpaired) electrons. The normalized spacial score (nSPS) is 10.1. The quantitative estimate of drug-likeness (QED) is 0.835. The molecular formula is C9H11BrClN3O. The molecule has 1 aromatic heterocycles. The van der Waals surface area contributed by atoms with Gasteiger partial charge < -0.3 is 10.6 Å². The van der Waals surface area contributed by atoms with Gasteiger partial charge in [-0.2, -0.15) is 0 Å². The summed E-state index contributed by atoms with van der Waals surface area (Å²) < 4.78 is 0.774. The number of rotatable bonds is 4. The molecule has 82 valence electrons. The smallest absolute Gasteiger partial charge is 0.225 e. The highest BCUT2D eigenvalue weighted by atomic mass is 79.9. The Bertz CT molecular complexity index is 359. The fourth-order valence-electron chi connectivity index (χ4n) is 0.961. The standard InChI is InChI=1S/C9H11BrClN3O/c1-12-3-2-8(15)14-7-4-6(10)5-13-9(7)11/h4-5,12H,2-3H2,1H3,(H,14,15). The van der Waals surface area contributed by atoms with Crippen LogP contribution in [0.3, 0.4) is 0 Å². The molecule has 15 heavy (non-hydrogen) atoms. The van der Waals surface area contributed by atoms with Crippen LogP contribution in [0.1, 0.15) is 6.42 Å². The third-order valence-corrected chi connectivity index (χ3v) is 2.42. The molecule has 0 bridgehead atoms. The van der Waals surface area contributed by atoms with Gasteiger partial charge in [0.05, 0.1) is 5.69 Å². The van der Waals surface area contributed by atoms with Gasteiger partial charge in [0.25, 0.3) is 0 Å². The van der Waals surface area contributed by atoms with E-state index in [2.05, 4.69) is 31.5 Å². The number of halogens is 2. The van der Waals surface area contributed by atoms with Crippen molar-refractivity contribution >= 4 is 39.1 Å². The fourth-order valence-corrected chi connectivity index (χ4v) is 1.44. The number of hydrogen-bond acceptors (Lipinski definition) is 3. The lowest BCUT2D eigenvalue weighted by Gasteiger charge is -2.06. The second-order valence-electron chi connectivity index (χ2n) is 2.89. The van der Waals surface area contributed by atoms with Crippen LogP contribution in [0.4, 0.5) is 5.69 Å². The van der Waals surface area contributed by atoms with Crippen molar-refractivity contribution in [3.63, 3.8) is 0 Å². The highest BCUT2D eigenvalue weighted by Crippen LogP contribution is 2.22. The van der Waals surface area contributed by atoms with Crippen LogP contribution in [-0.2, 0) is 4.79 Å². The highest BCUT2D eigenvalue weighted by Gasteiger charge is 2.06. The number of aromatic nitrogens is 1. The van der Waals surface area contributed by atoms with E-state index >= 15 is 0 Å². The SMILES string of the molecule is CNCCC(=O)Nc1cc(Br)cnc1Cl. The Morgan fingerprint density at radius 3 is 3.07 bits per heavy atom. The molecule has 0 fully saturated rings. The van der Waals surface area contributed by atoms with Gasteiger partial charge in [-0.05, 0) is 29.0 Å². The number of carbonyl (C=O) groups excluding carboxylic acids is 1. The molecule has 1 aromatic rings. The molecule has 0 unspecified atom stereocenters. The molecule has 2 N–H and O–H groups in total. The van der Waals surface area contributed by atoms with Crippen molar-refractivity contribution in [3.8, 4) is 0 Å². The Labute approximate surface area is 102 Å². The number of nitrogens with one attached hydrogen (secondary N) is 2. The van der Waals surface area contributed by atoms with Gasteiger partial charge in [0.2, 0.25) is 5.91 Å². The summed E-state index contributed by atoms with van der Waals surface area (Å²) in [6.45, 7) is 0.630. The number of hydrogen-bond donors (Lipinski definition) is 2. The van der Waals surface area contributed by atoms with Crippen LogP contribution in [0, 0.1) is 0 Å². The minimum absolute atomic E-state index is 0.0915. The first kappa shape index (κ1) is 12.4. The van der Waals surface area contributed by atoms with Gasteiger partial charge in [-0.15, -0.1) is 0 Å². The molecule has 4 nitrogen and oxygen atoms in total. The number of carbonyl (C=O) groups is 1. The summed E-state index contributed by atoms with van der Waals surface area (Å²) in [5.74, 6) is -0.0915. The fraction of sp³-hybridized carbons (Fsp3) is 0.333. The highest BCUT2D eigenvalue weighted by molar-refractivity contribution is 9.10. The van der Waals surface area contributed by atoms with Gasteiger partial charge in [0, 0.05) is 23.6 Å². The summed E-state index contributed by atoms with van der Waals surface area (Å²) in [6.07, 6.45) is 1.98. The van der Waals surface area contributed by atoms with E-state index in [0.717, 1.165) is 4.47 Å². The van der Waals surface area contributed by atoms with Crippen molar-refractivity contribution in [1.29, 1.82) is 0 Å². The van der Waals surface area contributed by atoms with Crippen LogP contribution in [-0.4, -0.2) is 24.5 Å². The molecule has 6 heteroatoms. The van der Waals surface area contributed by atoms with Crippen molar-refractivity contribution < 1.29 is 4.79 Å². The van der Waals surface area contributed by atoms with Crippen molar-refractivity contribution in [2.45, 2.75) is 6.42 Å². The summed E-state index contributed by atoms with van der Waals surface area (Å²) in [5, 5.41) is 5.86. The molecule has 1 amide bonds. The van der Waals surface area contributed by atoms with Gasteiger partial charge in [0.15, 0.2) is 5.15 Å². The molecule has 0 aliphatic heterocycles. The Hall–Kier alpha value is -0.650. The molecule has 1 heterocycles. The van der Waals surface area contributed by atoms with Crippen molar-refractivity contribution in [2.24, 2.45) is 0 Å². The van der Waals surface area contributed by atoms with Crippen LogP contribution in [0.25, 0.3) is 0 Å². The van der Waals surface area contributed by atoms with Crippen LogP contribution < -0.4 is 10.6 Å². The van der Waals surface area contributed by atoms with E-state index in [1.54, 1.807) is 19.3 Å². The van der Waals surface area contributed by atoms with E-state index in [1.807, 2.05) is 0 Å². The predicted octanol–water partition coefficient (Wildman–Crippen LogP) is 2.05. The minimum atomic E-state index is -0.0915. The van der Waals surface area contributed by atoms with E-state index in [1.165, 1.54) is 0 Å². The largest absolute Gasteiger partial charge is 0.323 e. The average molecular weight is 293 g/mol. The van der Waals surface area contributed by atoms with Crippen molar-refractivity contribution in [3.05, 3.63) is 21.9 Å². The third kappa shape index (κ3) is 4.15. The zero-order valence-corrected chi connectivity index (χ0v) is 10.5. The lowest BCUT2D eigenvalue weighted by atomic mass is 10.3. The van der Waals surface area contributed by atoms with E-state index in [-0.39, 0.29) is 11.1 Å². The second-order valence-corrected chi connectivity index (χ2v) is 4.17. The summed E-state index contributed by atoms with van der Waals surface area (Å²) in [4.78, 5) is 15.3. The van der Waals surface area contributed by atoms with E-state index in [9.17, 15) is 4.79 Å². The number of amides is 1.